The Bertz CT molecular complexity index is 273. The molecule has 0 aromatic heterocycles. The number of esters is 1. The van der Waals surface area contributed by atoms with Crippen LogP contribution in [0.4, 0.5) is 0 Å². The molecule has 0 unspecified atom stereocenters. The summed E-state index contributed by atoms with van der Waals surface area (Å²) in [7, 11) is 1.38. The summed E-state index contributed by atoms with van der Waals surface area (Å²) in [5, 5.41) is 2.98. The number of carbonyl (C=O) groups excluding carboxylic acids is 1. The van der Waals surface area contributed by atoms with Crippen LogP contribution in [-0.2, 0) is 16.1 Å². The Morgan fingerprint density at radius 3 is 2.31 bits per heavy atom. The van der Waals surface area contributed by atoms with E-state index in [1.807, 2.05) is 30.3 Å². The highest BCUT2D eigenvalue weighted by atomic mass is 16.5. The van der Waals surface area contributed by atoms with E-state index in [1.165, 1.54) is 13.5 Å². The number of rotatable bonds is 4. The molecule has 0 aliphatic heterocycles. The molecular weight excluding hydrogens is 202 g/mol. The molecule has 0 bridgehead atoms. The Morgan fingerprint density at radius 2 is 1.81 bits per heavy atom. The second kappa shape index (κ2) is 10.2. The fourth-order valence-corrected chi connectivity index (χ4v) is 0.977. The fraction of sp³-hybridized carbons (Fsp3) is 0.462. The topological polar surface area (TPSA) is 38.3 Å². The van der Waals surface area contributed by atoms with Crippen LogP contribution in [0, 0.1) is 0 Å². The molecule has 1 N–H and O–H groups in total. The number of methoxy groups -OCH3 is 1. The highest BCUT2D eigenvalue weighted by molar-refractivity contribution is 5.71. The molecule has 16 heavy (non-hydrogen) atoms. The average Bonchev–Trinajstić information content (AvgIpc) is 2.31. The van der Waals surface area contributed by atoms with Crippen LogP contribution in [-0.4, -0.2) is 19.6 Å². The highest BCUT2D eigenvalue weighted by Gasteiger charge is 1.97. The van der Waals surface area contributed by atoms with Gasteiger partial charge >= 0.3 is 5.97 Å². The Morgan fingerprint density at radius 1 is 1.25 bits per heavy atom. The standard InChI is InChI=1S/C10H13NO2.C3H8/c1-13-10(12)8-11-7-9-5-3-2-4-6-9;1-3-2/h2-6,11H,7-8H2,1H3;3H2,1-2H3. The van der Waals surface area contributed by atoms with Gasteiger partial charge in [0.1, 0.15) is 0 Å². The summed E-state index contributed by atoms with van der Waals surface area (Å²) < 4.78 is 4.49. The van der Waals surface area contributed by atoms with Crippen LogP contribution in [0.2, 0.25) is 0 Å². The van der Waals surface area contributed by atoms with E-state index in [-0.39, 0.29) is 12.5 Å². The van der Waals surface area contributed by atoms with Crippen LogP contribution in [0.25, 0.3) is 0 Å². The molecule has 1 aromatic rings. The normalized spacial score (nSPS) is 8.94. The number of hydrogen-bond donors (Lipinski definition) is 1. The molecule has 3 nitrogen and oxygen atoms in total. The summed E-state index contributed by atoms with van der Waals surface area (Å²) in [6.07, 6.45) is 1.25. The molecule has 0 spiro atoms. The maximum absolute atomic E-state index is 10.7. The zero-order valence-corrected chi connectivity index (χ0v) is 10.3. The number of carbonyl (C=O) groups is 1. The van der Waals surface area contributed by atoms with Crippen LogP contribution >= 0.6 is 0 Å². The monoisotopic (exact) mass is 223 g/mol. The summed E-state index contributed by atoms with van der Waals surface area (Å²) in [6.45, 7) is 5.20. The molecule has 0 atom stereocenters. The van der Waals surface area contributed by atoms with Gasteiger partial charge in [-0.1, -0.05) is 50.6 Å². The predicted molar refractivity (Wildman–Crippen MR) is 66.1 cm³/mol. The maximum atomic E-state index is 10.7. The molecule has 0 fully saturated rings. The SMILES string of the molecule is CCC.COC(=O)CNCc1ccccc1. The van der Waals surface area contributed by atoms with Gasteiger partial charge in [-0.2, -0.15) is 0 Å². The van der Waals surface area contributed by atoms with Crippen molar-refractivity contribution in [3.63, 3.8) is 0 Å². The first-order valence-electron chi connectivity index (χ1n) is 5.56. The van der Waals surface area contributed by atoms with Crippen molar-refractivity contribution in [2.45, 2.75) is 26.8 Å². The van der Waals surface area contributed by atoms with Gasteiger partial charge in [0.15, 0.2) is 0 Å². The third-order valence-electron chi connectivity index (χ3n) is 1.67. The smallest absolute Gasteiger partial charge is 0.319 e. The fourth-order valence-electron chi connectivity index (χ4n) is 0.977. The van der Waals surface area contributed by atoms with Gasteiger partial charge in [0, 0.05) is 6.54 Å². The molecule has 1 rings (SSSR count). The van der Waals surface area contributed by atoms with Crippen LogP contribution in [0.15, 0.2) is 30.3 Å². The largest absolute Gasteiger partial charge is 0.468 e. The van der Waals surface area contributed by atoms with Crippen molar-refractivity contribution in [2.75, 3.05) is 13.7 Å². The van der Waals surface area contributed by atoms with Crippen LogP contribution < -0.4 is 5.32 Å². The van der Waals surface area contributed by atoms with Gasteiger partial charge < -0.3 is 10.1 Å². The van der Waals surface area contributed by atoms with Crippen molar-refractivity contribution in [1.29, 1.82) is 0 Å². The number of nitrogens with one attached hydrogen (secondary N) is 1. The van der Waals surface area contributed by atoms with Crippen molar-refractivity contribution in [1.82, 2.24) is 5.32 Å². The van der Waals surface area contributed by atoms with Gasteiger partial charge in [-0.25, -0.2) is 0 Å². The molecule has 0 radical (unpaired) electrons. The third-order valence-corrected chi connectivity index (χ3v) is 1.67. The van der Waals surface area contributed by atoms with E-state index >= 15 is 0 Å². The number of hydrogen-bond acceptors (Lipinski definition) is 3. The average molecular weight is 223 g/mol. The minimum absolute atomic E-state index is 0.240. The minimum Gasteiger partial charge on any atom is -0.468 e. The van der Waals surface area contributed by atoms with Crippen molar-refractivity contribution in [3.8, 4) is 0 Å². The summed E-state index contributed by atoms with van der Waals surface area (Å²) >= 11 is 0. The molecule has 0 aliphatic carbocycles. The van der Waals surface area contributed by atoms with Gasteiger partial charge in [0.2, 0.25) is 0 Å². The number of ether oxygens (including phenoxy) is 1. The van der Waals surface area contributed by atoms with Crippen molar-refractivity contribution in [2.24, 2.45) is 0 Å². The summed E-state index contributed by atoms with van der Waals surface area (Å²) in [4.78, 5) is 10.7. The molecule has 0 amide bonds. The van der Waals surface area contributed by atoms with E-state index in [4.69, 9.17) is 0 Å². The van der Waals surface area contributed by atoms with Gasteiger partial charge in [-0.3, -0.25) is 4.79 Å². The second-order valence-corrected chi connectivity index (χ2v) is 3.37. The van der Waals surface area contributed by atoms with E-state index in [0.29, 0.717) is 6.54 Å². The van der Waals surface area contributed by atoms with Crippen molar-refractivity contribution < 1.29 is 9.53 Å². The van der Waals surface area contributed by atoms with Crippen LogP contribution in [0.5, 0.6) is 0 Å². The lowest BCUT2D eigenvalue weighted by Gasteiger charge is -2.02. The van der Waals surface area contributed by atoms with Crippen LogP contribution in [0.3, 0.4) is 0 Å². The molecule has 0 heterocycles. The highest BCUT2D eigenvalue weighted by Crippen LogP contribution is 1.96. The van der Waals surface area contributed by atoms with E-state index < -0.39 is 0 Å². The predicted octanol–water partition coefficient (Wildman–Crippen LogP) is 2.37. The van der Waals surface area contributed by atoms with Gasteiger partial charge in [-0.05, 0) is 5.56 Å². The molecule has 3 heteroatoms. The summed E-state index contributed by atoms with van der Waals surface area (Å²) in [5.74, 6) is -0.240. The minimum atomic E-state index is -0.240. The van der Waals surface area contributed by atoms with Crippen molar-refractivity contribution in [3.05, 3.63) is 35.9 Å². The quantitative estimate of drug-likeness (QED) is 0.796. The summed E-state index contributed by atoms with van der Waals surface area (Å²) in [5.41, 5.74) is 1.16. The zero-order valence-electron chi connectivity index (χ0n) is 10.3. The van der Waals surface area contributed by atoms with E-state index in [9.17, 15) is 4.79 Å². The molecular formula is C13H21NO2. The Kier molecular flexibility index (Phi) is 9.32. The van der Waals surface area contributed by atoms with Gasteiger partial charge in [0.25, 0.3) is 0 Å². The summed E-state index contributed by atoms with van der Waals surface area (Å²) in [6, 6.07) is 9.91. The van der Waals surface area contributed by atoms with E-state index in [1.54, 1.807) is 0 Å². The van der Waals surface area contributed by atoms with Gasteiger partial charge in [0.05, 0.1) is 13.7 Å². The molecule has 0 saturated heterocycles. The molecule has 90 valence electrons. The maximum Gasteiger partial charge on any atom is 0.319 e. The third kappa shape index (κ3) is 8.00. The van der Waals surface area contributed by atoms with E-state index in [2.05, 4.69) is 23.9 Å². The first-order valence-corrected chi connectivity index (χ1v) is 5.56. The molecule has 0 aliphatic rings. The lowest BCUT2D eigenvalue weighted by atomic mass is 10.2. The second-order valence-electron chi connectivity index (χ2n) is 3.37. The lowest BCUT2D eigenvalue weighted by molar-refractivity contribution is -0.139. The van der Waals surface area contributed by atoms with Crippen molar-refractivity contribution >= 4 is 5.97 Å². The van der Waals surface area contributed by atoms with E-state index in [0.717, 1.165) is 5.56 Å². The first kappa shape index (κ1) is 14.6. The Labute approximate surface area is 97.8 Å². The van der Waals surface area contributed by atoms with Crippen LogP contribution in [0.1, 0.15) is 25.8 Å². The van der Waals surface area contributed by atoms with Gasteiger partial charge in [-0.15, -0.1) is 0 Å². The molecule has 1 aromatic carbocycles. The lowest BCUT2D eigenvalue weighted by Crippen LogP contribution is -2.23. The Balaban J connectivity index is 0.000000673. The molecule has 0 saturated carbocycles. The first-order chi connectivity index (χ1) is 7.74. The number of benzene rings is 1. The Hall–Kier alpha value is -1.35. The zero-order chi connectivity index (χ0) is 12.2.